The number of likely N-dealkylation sites (N-methyl/N-ethyl adjacent to an activating group) is 1. The average Bonchev–Trinajstić information content (AvgIpc) is 2.45. The van der Waals surface area contributed by atoms with Crippen LogP contribution in [0.25, 0.3) is 0 Å². The molecule has 0 aliphatic carbocycles. The van der Waals surface area contributed by atoms with Gasteiger partial charge in [0.05, 0.1) is 0 Å². The third kappa shape index (κ3) is 6.55. The Morgan fingerprint density at radius 2 is 0.909 bits per heavy atom. The molecule has 4 N–H and O–H groups in total. The monoisotopic (exact) mass is 314 g/mol. The highest BCUT2D eigenvalue weighted by atomic mass is 16.2. The van der Waals surface area contributed by atoms with E-state index in [2.05, 4.69) is 21.3 Å². The molecule has 0 saturated heterocycles. The highest BCUT2D eigenvalue weighted by molar-refractivity contribution is 5.93. The van der Waals surface area contributed by atoms with Crippen LogP contribution in [0.3, 0.4) is 0 Å². The summed E-state index contributed by atoms with van der Waals surface area (Å²) in [5.74, 6) is -1.75. The third-order valence-corrected chi connectivity index (χ3v) is 3.03. The van der Waals surface area contributed by atoms with Crippen molar-refractivity contribution in [2.45, 2.75) is 52.7 Å². The lowest BCUT2D eigenvalue weighted by molar-refractivity contribution is -0.133. The van der Waals surface area contributed by atoms with Crippen LogP contribution in [0.15, 0.2) is 0 Å². The van der Waals surface area contributed by atoms with E-state index in [1.165, 1.54) is 27.8 Å². The number of hydrogen-bond acceptors (Lipinski definition) is 4. The molecule has 8 nitrogen and oxygen atoms in total. The zero-order valence-electron chi connectivity index (χ0n) is 13.9. The van der Waals surface area contributed by atoms with Crippen LogP contribution in [0.2, 0.25) is 0 Å². The molecule has 0 aliphatic heterocycles. The van der Waals surface area contributed by atoms with Crippen molar-refractivity contribution in [3.05, 3.63) is 0 Å². The topological polar surface area (TPSA) is 116 Å². The lowest BCUT2D eigenvalue weighted by Gasteiger charge is -2.20. The average molecular weight is 314 g/mol. The van der Waals surface area contributed by atoms with Gasteiger partial charge in [0.1, 0.15) is 18.1 Å². The van der Waals surface area contributed by atoms with Crippen molar-refractivity contribution >= 4 is 23.6 Å². The number of amides is 4. The van der Waals surface area contributed by atoms with Crippen LogP contribution in [0.1, 0.15) is 34.6 Å². The molecular weight excluding hydrogens is 288 g/mol. The number of carbonyl (C=O) groups excluding carboxylic acids is 4. The second kappa shape index (κ2) is 9.01. The predicted octanol–water partition coefficient (Wildman–Crippen LogP) is -1.10. The van der Waals surface area contributed by atoms with Crippen molar-refractivity contribution in [3.8, 4) is 0 Å². The fraction of sp³-hybridized carbons (Fsp3) is 0.714. The standard InChI is InChI=1S/C14H26N4O4/c1-7(2)11(19)16-9(4)13(21)18-10(5)14(22)17-8(3)12(20)15-6/h7-10H,1-6H3,(H,15,20)(H,16,19)(H,17,22)(H,18,21)/t8-,9-,10-/m0/s1. The largest absolute Gasteiger partial charge is 0.357 e. The summed E-state index contributed by atoms with van der Waals surface area (Å²) in [7, 11) is 1.47. The maximum atomic E-state index is 11.9. The molecule has 0 bridgehead atoms. The Labute approximate surface area is 130 Å². The van der Waals surface area contributed by atoms with Gasteiger partial charge in [-0.15, -0.1) is 0 Å². The summed E-state index contributed by atoms with van der Waals surface area (Å²) in [4.78, 5) is 46.6. The van der Waals surface area contributed by atoms with Crippen molar-refractivity contribution in [1.29, 1.82) is 0 Å². The normalized spacial score (nSPS) is 14.5. The molecule has 0 aromatic heterocycles. The minimum absolute atomic E-state index is 0.232. The van der Waals surface area contributed by atoms with E-state index in [1.807, 2.05) is 0 Å². The molecule has 0 fully saturated rings. The zero-order chi connectivity index (χ0) is 17.4. The molecule has 22 heavy (non-hydrogen) atoms. The number of rotatable bonds is 7. The Hall–Kier alpha value is -2.12. The van der Waals surface area contributed by atoms with Gasteiger partial charge in [-0.1, -0.05) is 13.8 Å². The van der Waals surface area contributed by atoms with E-state index in [4.69, 9.17) is 0 Å². The van der Waals surface area contributed by atoms with E-state index in [9.17, 15) is 19.2 Å². The molecule has 0 spiro atoms. The molecule has 0 aromatic carbocycles. The molecule has 0 rings (SSSR count). The van der Waals surface area contributed by atoms with Crippen LogP contribution < -0.4 is 21.3 Å². The highest BCUT2D eigenvalue weighted by Gasteiger charge is 2.23. The quantitative estimate of drug-likeness (QED) is 0.477. The van der Waals surface area contributed by atoms with Gasteiger partial charge in [0.25, 0.3) is 0 Å². The predicted molar refractivity (Wildman–Crippen MR) is 81.7 cm³/mol. The molecule has 126 valence electrons. The first-order valence-corrected chi connectivity index (χ1v) is 7.22. The van der Waals surface area contributed by atoms with E-state index < -0.39 is 29.9 Å². The smallest absolute Gasteiger partial charge is 0.242 e. The summed E-state index contributed by atoms with van der Waals surface area (Å²) in [6.45, 7) is 8.01. The van der Waals surface area contributed by atoms with Crippen molar-refractivity contribution in [1.82, 2.24) is 21.3 Å². The van der Waals surface area contributed by atoms with Gasteiger partial charge < -0.3 is 21.3 Å². The van der Waals surface area contributed by atoms with Gasteiger partial charge in [0, 0.05) is 13.0 Å². The Kier molecular flexibility index (Phi) is 8.14. The van der Waals surface area contributed by atoms with Crippen molar-refractivity contribution in [2.75, 3.05) is 7.05 Å². The van der Waals surface area contributed by atoms with E-state index in [0.717, 1.165) is 0 Å². The summed E-state index contributed by atoms with van der Waals surface area (Å²) in [6, 6.07) is -2.27. The minimum Gasteiger partial charge on any atom is -0.357 e. The lowest BCUT2D eigenvalue weighted by atomic mass is 10.2. The van der Waals surface area contributed by atoms with E-state index in [1.54, 1.807) is 13.8 Å². The highest BCUT2D eigenvalue weighted by Crippen LogP contribution is 1.94. The Bertz CT molecular complexity index is 437. The molecule has 8 heteroatoms. The molecular formula is C14H26N4O4. The van der Waals surface area contributed by atoms with E-state index >= 15 is 0 Å². The first kappa shape index (κ1) is 19.9. The summed E-state index contributed by atoms with van der Waals surface area (Å²) in [5, 5.41) is 9.93. The third-order valence-electron chi connectivity index (χ3n) is 3.03. The molecule has 4 amide bonds. The SMILES string of the molecule is CNC(=O)[C@H](C)NC(=O)[C@H](C)NC(=O)[C@H](C)NC(=O)C(C)C. The molecule has 0 radical (unpaired) electrons. The van der Waals surface area contributed by atoms with Gasteiger partial charge in [0.15, 0.2) is 0 Å². The van der Waals surface area contributed by atoms with Gasteiger partial charge in [-0.2, -0.15) is 0 Å². The Morgan fingerprint density at radius 1 is 0.591 bits per heavy atom. The summed E-state index contributed by atoms with van der Waals surface area (Å²) in [6.07, 6.45) is 0. The van der Waals surface area contributed by atoms with Gasteiger partial charge in [-0.25, -0.2) is 0 Å². The summed E-state index contributed by atoms with van der Waals surface area (Å²) in [5.41, 5.74) is 0. The number of carbonyl (C=O) groups is 4. The van der Waals surface area contributed by atoms with Crippen molar-refractivity contribution in [2.24, 2.45) is 5.92 Å². The molecule has 0 heterocycles. The zero-order valence-corrected chi connectivity index (χ0v) is 13.9. The molecule has 0 unspecified atom stereocenters. The lowest BCUT2D eigenvalue weighted by Crippen LogP contribution is -2.54. The first-order valence-electron chi connectivity index (χ1n) is 7.22. The van der Waals surface area contributed by atoms with Crippen molar-refractivity contribution in [3.63, 3.8) is 0 Å². The van der Waals surface area contributed by atoms with Gasteiger partial charge in [-0.3, -0.25) is 19.2 Å². The van der Waals surface area contributed by atoms with Crippen LogP contribution in [0.5, 0.6) is 0 Å². The van der Waals surface area contributed by atoms with Crippen LogP contribution in [-0.2, 0) is 19.2 Å². The van der Waals surface area contributed by atoms with Gasteiger partial charge in [0.2, 0.25) is 23.6 Å². The Balaban J connectivity index is 4.42. The molecule has 0 aromatic rings. The first-order chi connectivity index (χ1) is 10.1. The van der Waals surface area contributed by atoms with Gasteiger partial charge in [-0.05, 0) is 20.8 Å². The van der Waals surface area contributed by atoms with E-state index in [-0.39, 0.29) is 17.7 Å². The summed E-state index contributed by atoms with van der Waals surface area (Å²) >= 11 is 0. The van der Waals surface area contributed by atoms with E-state index in [0.29, 0.717) is 0 Å². The van der Waals surface area contributed by atoms with Crippen LogP contribution in [0.4, 0.5) is 0 Å². The maximum absolute atomic E-state index is 11.9. The molecule has 0 aliphatic rings. The number of hydrogen-bond donors (Lipinski definition) is 4. The molecule has 0 saturated carbocycles. The fourth-order valence-electron chi connectivity index (χ4n) is 1.47. The van der Waals surface area contributed by atoms with Gasteiger partial charge >= 0.3 is 0 Å². The number of nitrogens with one attached hydrogen (secondary N) is 4. The van der Waals surface area contributed by atoms with Crippen LogP contribution in [0, 0.1) is 5.92 Å². The molecule has 3 atom stereocenters. The Morgan fingerprint density at radius 3 is 1.23 bits per heavy atom. The maximum Gasteiger partial charge on any atom is 0.242 e. The fourth-order valence-corrected chi connectivity index (χ4v) is 1.47. The second-order valence-electron chi connectivity index (χ2n) is 5.46. The second-order valence-corrected chi connectivity index (χ2v) is 5.46. The van der Waals surface area contributed by atoms with Crippen molar-refractivity contribution < 1.29 is 19.2 Å². The minimum atomic E-state index is -0.821. The summed E-state index contributed by atoms with van der Waals surface area (Å²) < 4.78 is 0. The van der Waals surface area contributed by atoms with Crippen LogP contribution >= 0.6 is 0 Å². The van der Waals surface area contributed by atoms with Crippen LogP contribution in [-0.4, -0.2) is 48.8 Å².